The molecule has 0 spiro atoms. The van der Waals surface area contributed by atoms with E-state index in [1.807, 2.05) is 19.1 Å². The van der Waals surface area contributed by atoms with E-state index in [0.717, 1.165) is 16.9 Å². The summed E-state index contributed by atoms with van der Waals surface area (Å²) in [5, 5.41) is 0. The minimum Gasteiger partial charge on any atom is -0.489 e. The Kier molecular flexibility index (Phi) is 3.70. The van der Waals surface area contributed by atoms with Crippen LogP contribution in [-0.2, 0) is 9.53 Å². The van der Waals surface area contributed by atoms with E-state index in [1.165, 1.54) is 31.3 Å². The number of carbonyl (C=O) groups is 1. The zero-order valence-corrected chi connectivity index (χ0v) is 14.8. The van der Waals surface area contributed by atoms with Gasteiger partial charge in [-0.15, -0.1) is 0 Å². The van der Waals surface area contributed by atoms with Gasteiger partial charge in [0.2, 0.25) is 0 Å². The smallest absolute Gasteiger partial charge is 0.310 e. The molecule has 2 saturated carbocycles. The lowest BCUT2D eigenvalue weighted by atomic mass is 10.1. The molecule has 128 valence electrons. The van der Waals surface area contributed by atoms with Crippen molar-refractivity contribution in [2.24, 2.45) is 17.3 Å². The molecule has 0 radical (unpaired) electrons. The number of carbonyl (C=O) groups excluding carboxylic acids is 1. The lowest BCUT2D eigenvalue weighted by Crippen LogP contribution is -2.16. The number of benzene rings is 1. The van der Waals surface area contributed by atoms with Crippen LogP contribution in [0.1, 0.15) is 56.8 Å². The van der Waals surface area contributed by atoms with Crippen LogP contribution in [0.25, 0.3) is 0 Å². The Morgan fingerprint density at radius 2 is 2.04 bits per heavy atom. The largest absolute Gasteiger partial charge is 0.489 e. The molecule has 3 heteroatoms. The quantitative estimate of drug-likeness (QED) is 0.594. The second-order valence-electron chi connectivity index (χ2n) is 8.13. The summed E-state index contributed by atoms with van der Waals surface area (Å²) in [6.45, 7) is 6.84. The molecule has 4 rings (SSSR count). The van der Waals surface area contributed by atoms with Crippen molar-refractivity contribution < 1.29 is 14.3 Å². The van der Waals surface area contributed by atoms with Crippen LogP contribution in [0.2, 0.25) is 0 Å². The maximum Gasteiger partial charge on any atom is 0.310 e. The molecule has 24 heavy (non-hydrogen) atoms. The number of allylic oxidation sites excluding steroid dienone is 2. The third-order valence-electron chi connectivity index (χ3n) is 5.99. The lowest BCUT2D eigenvalue weighted by Gasteiger charge is -2.12. The number of aryl methyl sites for hydroxylation is 1. The first-order chi connectivity index (χ1) is 11.5. The van der Waals surface area contributed by atoms with Gasteiger partial charge in [-0.2, -0.15) is 0 Å². The fourth-order valence-corrected chi connectivity index (χ4v) is 4.31. The number of hydrogen-bond donors (Lipinski definition) is 0. The summed E-state index contributed by atoms with van der Waals surface area (Å²) >= 11 is 0. The third-order valence-corrected chi connectivity index (χ3v) is 5.99. The highest BCUT2D eigenvalue weighted by Crippen LogP contribution is 2.60. The molecule has 2 fully saturated rings. The van der Waals surface area contributed by atoms with E-state index >= 15 is 0 Å². The summed E-state index contributed by atoms with van der Waals surface area (Å²) < 4.78 is 11.5. The molecule has 3 nitrogen and oxygen atoms in total. The van der Waals surface area contributed by atoms with Crippen molar-refractivity contribution in [1.82, 2.24) is 0 Å². The average Bonchev–Trinajstić information content (AvgIpc) is 2.96. The molecule has 0 aromatic heterocycles. The van der Waals surface area contributed by atoms with Crippen LogP contribution < -0.4 is 4.74 Å². The summed E-state index contributed by atoms with van der Waals surface area (Å²) in [5.41, 5.74) is 3.72. The number of rotatable bonds is 3. The second kappa shape index (κ2) is 5.65. The van der Waals surface area contributed by atoms with Crippen LogP contribution in [0.3, 0.4) is 0 Å². The van der Waals surface area contributed by atoms with Crippen LogP contribution in [0, 0.1) is 24.2 Å². The molecule has 1 aliphatic heterocycles. The highest BCUT2D eigenvalue weighted by Gasteiger charge is 2.62. The fraction of sp³-hybridized carbons (Fsp3) is 0.571. The van der Waals surface area contributed by atoms with E-state index in [1.54, 1.807) is 0 Å². The molecule has 0 bridgehead atoms. The first kappa shape index (κ1) is 15.7. The standard InChI is InChI=1S/C21H26O3/c1-13-8-9-17-15(10-13)18(12-23-17)24-20(22)19-16(21(19,2)3)11-14-6-4-5-7-14/h8-11,16,18-19H,4-7,12H2,1-3H3. The van der Waals surface area contributed by atoms with Gasteiger partial charge in [-0.05, 0) is 56.1 Å². The van der Waals surface area contributed by atoms with E-state index in [4.69, 9.17) is 9.47 Å². The molecule has 1 heterocycles. The van der Waals surface area contributed by atoms with Crippen molar-refractivity contribution in [2.75, 3.05) is 6.61 Å². The van der Waals surface area contributed by atoms with Gasteiger partial charge in [0.05, 0.1) is 5.92 Å². The highest BCUT2D eigenvalue weighted by molar-refractivity contribution is 5.78. The van der Waals surface area contributed by atoms with E-state index in [-0.39, 0.29) is 23.4 Å². The van der Waals surface area contributed by atoms with Crippen LogP contribution in [0.5, 0.6) is 5.75 Å². The Bertz CT molecular complexity index is 693. The molecule has 3 atom stereocenters. The molecule has 0 amide bonds. The van der Waals surface area contributed by atoms with Gasteiger partial charge in [0, 0.05) is 5.56 Å². The van der Waals surface area contributed by atoms with Crippen molar-refractivity contribution in [3.63, 3.8) is 0 Å². The van der Waals surface area contributed by atoms with Crippen molar-refractivity contribution in [3.8, 4) is 5.75 Å². The van der Waals surface area contributed by atoms with Gasteiger partial charge in [-0.1, -0.05) is 37.1 Å². The molecule has 0 N–H and O–H groups in total. The minimum atomic E-state index is -0.261. The first-order valence-corrected chi connectivity index (χ1v) is 9.10. The predicted octanol–water partition coefficient (Wildman–Crippen LogP) is 4.74. The number of esters is 1. The molecule has 3 aliphatic rings. The van der Waals surface area contributed by atoms with Crippen LogP contribution in [0.4, 0.5) is 0 Å². The van der Waals surface area contributed by atoms with Gasteiger partial charge in [0.1, 0.15) is 12.4 Å². The molecular formula is C21H26O3. The monoisotopic (exact) mass is 326 g/mol. The van der Waals surface area contributed by atoms with Crippen molar-refractivity contribution in [1.29, 1.82) is 0 Å². The normalized spacial score (nSPS) is 29.8. The average molecular weight is 326 g/mol. The van der Waals surface area contributed by atoms with Crippen molar-refractivity contribution >= 4 is 5.97 Å². The van der Waals surface area contributed by atoms with Gasteiger partial charge in [-0.3, -0.25) is 4.79 Å². The van der Waals surface area contributed by atoms with Gasteiger partial charge >= 0.3 is 5.97 Å². The summed E-state index contributed by atoms with van der Waals surface area (Å²) in [7, 11) is 0. The van der Waals surface area contributed by atoms with Gasteiger partial charge in [0.25, 0.3) is 0 Å². The number of hydrogen-bond acceptors (Lipinski definition) is 3. The lowest BCUT2D eigenvalue weighted by molar-refractivity contribution is -0.152. The molecular weight excluding hydrogens is 300 g/mol. The van der Waals surface area contributed by atoms with E-state index in [2.05, 4.69) is 26.0 Å². The highest BCUT2D eigenvalue weighted by atomic mass is 16.6. The Balaban J connectivity index is 1.46. The van der Waals surface area contributed by atoms with Crippen LogP contribution in [0.15, 0.2) is 29.8 Å². The minimum absolute atomic E-state index is 0.0144. The molecule has 1 aromatic rings. The molecule has 2 aliphatic carbocycles. The molecule has 1 aromatic carbocycles. The van der Waals surface area contributed by atoms with Crippen LogP contribution in [-0.4, -0.2) is 12.6 Å². The first-order valence-electron chi connectivity index (χ1n) is 9.10. The maximum atomic E-state index is 12.7. The molecule has 0 saturated heterocycles. The number of ether oxygens (including phenoxy) is 2. The topological polar surface area (TPSA) is 35.5 Å². The van der Waals surface area contributed by atoms with E-state index in [0.29, 0.717) is 12.5 Å². The summed E-state index contributed by atoms with van der Waals surface area (Å²) in [6.07, 6.45) is 7.10. The Hall–Kier alpha value is -1.77. The van der Waals surface area contributed by atoms with Gasteiger partial charge in [0.15, 0.2) is 6.10 Å². The van der Waals surface area contributed by atoms with E-state index in [9.17, 15) is 4.79 Å². The molecule has 3 unspecified atom stereocenters. The summed E-state index contributed by atoms with van der Waals surface area (Å²) in [6, 6.07) is 6.06. The van der Waals surface area contributed by atoms with E-state index < -0.39 is 0 Å². The zero-order chi connectivity index (χ0) is 16.9. The van der Waals surface area contributed by atoms with Crippen molar-refractivity contribution in [2.45, 2.75) is 52.6 Å². The van der Waals surface area contributed by atoms with Crippen molar-refractivity contribution in [3.05, 3.63) is 41.0 Å². The van der Waals surface area contributed by atoms with Gasteiger partial charge < -0.3 is 9.47 Å². The Labute approximate surface area is 144 Å². The Morgan fingerprint density at radius 3 is 2.79 bits per heavy atom. The zero-order valence-electron chi connectivity index (χ0n) is 14.8. The maximum absolute atomic E-state index is 12.7. The predicted molar refractivity (Wildman–Crippen MR) is 92.8 cm³/mol. The van der Waals surface area contributed by atoms with Gasteiger partial charge in [-0.25, -0.2) is 0 Å². The second-order valence-corrected chi connectivity index (χ2v) is 8.13. The Morgan fingerprint density at radius 1 is 1.29 bits per heavy atom. The summed E-state index contributed by atoms with van der Waals surface area (Å²) in [4.78, 5) is 12.7. The third kappa shape index (κ3) is 2.64. The van der Waals surface area contributed by atoms with Crippen LogP contribution >= 0.6 is 0 Å². The SMILES string of the molecule is Cc1ccc2c(c1)C(OC(=O)C1C(C=C3CCCC3)C1(C)C)CO2. The fourth-order valence-electron chi connectivity index (χ4n) is 4.31. The summed E-state index contributed by atoms with van der Waals surface area (Å²) in [5.74, 6) is 1.10. The number of fused-ring (bicyclic) bond motifs is 1.